The number of likely N-dealkylation sites (tertiary alicyclic amines) is 1. The lowest BCUT2D eigenvalue weighted by Crippen LogP contribution is -2.53. The second-order valence-corrected chi connectivity index (χ2v) is 7.29. The Balaban J connectivity index is 1.53. The number of hydrogen-bond donors (Lipinski definition) is 0. The minimum atomic E-state index is -0.356. The summed E-state index contributed by atoms with van der Waals surface area (Å²) in [7, 11) is 1.59. The number of piperazine rings is 1. The van der Waals surface area contributed by atoms with Gasteiger partial charge in [0.2, 0.25) is 17.7 Å². The first-order valence-corrected chi connectivity index (χ1v) is 9.36. The molecule has 3 rings (SSSR count). The molecule has 0 N–H and O–H groups in total. The van der Waals surface area contributed by atoms with E-state index in [1.807, 2.05) is 31.2 Å². The highest BCUT2D eigenvalue weighted by atomic mass is 16.5. The number of aryl methyl sites for hydroxylation is 1. The number of benzene rings is 1. The summed E-state index contributed by atoms with van der Waals surface area (Å²) < 4.78 is 5.01. The Kier molecular flexibility index (Phi) is 6.11. The van der Waals surface area contributed by atoms with Crippen LogP contribution in [-0.2, 0) is 25.7 Å². The topological polar surface area (TPSA) is 70.2 Å². The zero-order valence-corrected chi connectivity index (χ0v) is 16.0. The van der Waals surface area contributed by atoms with Crippen LogP contribution in [0.5, 0.6) is 0 Å². The molecule has 0 aromatic heterocycles. The molecular weight excluding hydrogens is 346 g/mol. The number of ether oxygens (including phenoxy) is 1. The SMILES string of the molecule is COCCN1CC(C(=O)N2CCN(Cc3ccc(C)cc3)C(=O)C2)CC1=O. The minimum absolute atomic E-state index is 0.0188. The van der Waals surface area contributed by atoms with E-state index in [1.165, 1.54) is 5.56 Å². The largest absolute Gasteiger partial charge is 0.383 e. The molecule has 2 aliphatic rings. The Morgan fingerprint density at radius 2 is 1.85 bits per heavy atom. The summed E-state index contributed by atoms with van der Waals surface area (Å²) in [6, 6.07) is 8.12. The maximum absolute atomic E-state index is 12.8. The number of carbonyl (C=O) groups excluding carboxylic acids is 3. The van der Waals surface area contributed by atoms with Crippen molar-refractivity contribution in [1.82, 2.24) is 14.7 Å². The lowest BCUT2D eigenvalue weighted by atomic mass is 10.1. The van der Waals surface area contributed by atoms with Gasteiger partial charge in [0.1, 0.15) is 0 Å². The second kappa shape index (κ2) is 8.52. The molecule has 1 unspecified atom stereocenters. The van der Waals surface area contributed by atoms with Crippen molar-refractivity contribution in [3.63, 3.8) is 0 Å². The van der Waals surface area contributed by atoms with Crippen LogP contribution in [0.4, 0.5) is 0 Å². The quantitative estimate of drug-likeness (QED) is 0.735. The average Bonchev–Trinajstić information content (AvgIpc) is 3.03. The van der Waals surface area contributed by atoms with E-state index in [9.17, 15) is 14.4 Å². The van der Waals surface area contributed by atoms with Crippen molar-refractivity contribution in [3.8, 4) is 0 Å². The van der Waals surface area contributed by atoms with Gasteiger partial charge in [-0.05, 0) is 12.5 Å². The molecule has 2 heterocycles. The van der Waals surface area contributed by atoms with Gasteiger partial charge in [0.05, 0.1) is 19.1 Å². The van der Waals surface area contributed by atoms with Crippen molar-refractivity contribution >= 4 is 17.7 Å². The van der Waals surface area contributed by atoms with Gasteiger partial charge in [0.25, 0.3) is 0 Å². The van der Waals surface area contributed by atoms with Crippen LogP contribution >= 0.6 is 0 Å². The van der Waals surface area contributed by atoms with Crippen molar-refractivity contribution in [2.45, 2.75) is 19.9 Å². The number of rotatable bonds is 6. The normalized spacial score (nSPS) is 20.5. The van der Waals surface area contributed by atoms with E-state index in [-0.39, 0.29) is 36.6 Å². The highest BCUT2D eigenvalue weighted by Gasteiger charge is 2.38. The molecule has 1 aromatic carbocycles. The van der Waals surface area contributed by atoms with Gasteiger partial charge in [0.15, 0.2) is 0 Å². The molecule has 1 atom stereocenters. The smallest absolute Gasteiger partial charge is 0.242 e. The molecule has 0 saturated carbocycles. The molecule has 0 spiro atoms. The third-order valence-corrected chi connectivity index (χ3v) is 5.25. The molecule has 0 aliphatic carbocycles. The summed E-state index contributed by atoms with van der Waals surface area (Å²) in [4.78, 5) is 42.4. The van der Waals surface area contributed by atoms with Gasteiger partial charge < -0.3 is 19.4 Å². The number of methoxy groups -OCH3 is 1. The maximum Gasteiger partial charge on any atom is 0.242 e. The lowest BCUT2D eigenvalue weighted by Gasteiger charge is -2.35. The average molecular weight is 373 g/mol. The van der Waals surface area contributed by atoms with Gasteiger partial charge in [-0.2, -0.15) is 0 Å². The molecule has 27 heavy (non-hydrogen) atoms. The minimum Gasteiger partial charge on any atom is -0.383 e. The summed E-state index contributed by atoms with van der Waals surface area (Å²) in [6.07, 6.45) is 0.223. The van der Waals surface area contributed by atoms with E-state index in [4.69, 9.17) is 4.74 Å². The fourth-order valence-electron chi connectivity index (χ4n) is 3.59. The molecule has 7 heteroatoms. The lowest BCUT2D eigenvalue weighted by molar-refractivity contribution is -0.147. The highest BCUT2D eigenvalue weighted by molar-refractivity contribution is 5.92. The zero-order valence-electron chi connectivity index (χ0n) is 16.0. The fraction of sp³-hybridized carbons (Fsp3) is 0.550. The molecule has 2 fully saturated rings. The summed E-state index contributed by atoms with van der Waals surface area (Å²) in [5.41, 5.74) is 2.27. The van der Waals surface area contributed by atoms with Crippen molar-refractivity contribution in [3.05, 3.63) is 35.4 Å². The molecular formula is C20H27N3O4. The molecule has 146 valence electrons. The summed E-state index contributed by atoms with van der Waals surface area (Å²) in [5.74, 6) is -0.511. The van der Waals surface area contributed by atoms with Crippen LogP contribution < -0.4 is 0 Å². The van der Waals surface area contributed by atoms with Crippen LogP contribution in [0.15, 0.2) is 24.3 Å². The number of amides is 3. The van der Waals surface area contributed by atoms with Crippen LogP contribution in [0.2, 0.25) is 0 Å². The Bertz CT molecular complexity index is 704. The third-order valence-electron chi connectivity index (χ3n) is 5.25. The fourth-order valence-corrected chi connectivity index (χ4v) is 3.59. The van der Waals surface area contributed by atoms with Gasteiger partial charge in [-0.25, -0.2) is 0 Å². The van der Waals surface area contributed by atoms with Gasteiger partial charge in [-0.1, -0.05) is 29.8 Å². The molecule has 2 aliphatic heterocycles. The van der Waals surface area contributed by atoms with Crippen LogP contribution in [0.1, 0.15) is 17.5 Å². The van der Waals surface area contributed by atoms with Crippen LogP contribution in [0.3, 0.4) is 0 Å². The monoisotopic (exact) mass is 373 g/mol. The van der Waals surface area contributed by atoms with Crippen LogP contribution in [-0.4, -0.2) is 78.9 Å². The van der Waals surface area contributed by atoms with E-state index in [0.717, 1.165) is 5.56 Å². The first-order valence-electron chi connectivity index (χ1n) is 9.36. The van der Waals surface area contributed by atoms with Gasteiger partial charge in [-0.15, -0.1) is 0 Å². The van der Waals surface area contributed by atoms with E-state index in [1.54, 1.807) is 21.8 Å². The standard InChI is InChI=1S/C20H27N3O4/c1-15-3-5-16(6-4-15)12-21-7-8-23(14-19(21)25)20(26)17-11-18(24)22(13-17)9-10-27-2/h3-6,17H,7-14H2,1-2H3. The predicted molar refractivity (Wildman–Crippen MR) is 99.7 cm³/mol. The van der Waals surface area contributed by atoms with Crippen molar-refractivity contribution in [2.24, 2.45) is 5.92 Å². The van der Waals surface area contributed by atoms with Gasteiger partial charge in [-0.3, -0.25) is 14.4 Å². The predicted octanol–water partition coefficient (Wildman–Crippen LogP) is 0.661. The number of carbonyl (C=O) groups is 3. The molecule has 0 bridgehead atoms. The van der Waals surface area contributed by atoms with Crippen molar-refractivity contribution < 1.29 is 19.1 Å². The Hall–Kier alpha value is -2.41. The number of nitrogens with zero attached hydrogens (tertiary/aromatic N) is 3. The molecule has 2 saturated heterocycles. The van der Waals surface area contributed by atoms with Crippen molar-refractivity contribution in [2.75, 3.05) is 46.4 Å². The molecule has 0 radical (unpaired) electrons. The molecule has 7 nitrogen and oxygen atoms in total. The summed E-state index contributed by atoms with van der Waals surface area (Å²) in [5, 5.41) is 0. The Morgan fingerprint density at radius 3 is 2.52 bits per heavy atom. The van der Waals surface area contributed by atoms with E-state index < -0.39 is 0 Å². The van der Waals surface area contributed by atoms with Crippen LogP contribution in [0, 0.1) is 12.8 Å². The van der Waals surface area contributed by atoms with E-state index >= 15 is 0 Å². The first kappa shape index (κ1) is 19.4. The Labute approximate surface area is 159 Å². The number of hydrogen-bond acceptors (Lipinski definition) is 4. The maximum atomic E-state index is 12.8. The highest BCUT2D eigenvalue weighted by Crippen LogP contribution is 2.21. The third kappa shape index (κ3) is 4.66. The molecule has 1 aromatic rings. The van der Waals surface area contributed by atoms with Gasteiger partial charge >= 0.3 is 0 Å². The second-order valence-electron chi connectivity index (χ2n) is 7.29. The Morgan fingerprint density at radius 1 is 1.11 bits per heavy atom. The summed E-state index contributed by atoms with van der Waals surface area (Å²) in [6.45, 7) is 5.10. The first-order chi connectivity index (χ1) is 13.0. The molecule has 3 amide bonds. The van der Waals surface area contributed by atoms with Gasteiger partial charge in [0, 0.05) is 46.3 Å². The summed E-state index contributed by atoms with van der Waals surface area (Å²) >= 11 is 0. The van der Waals surface area contributed by atoms with E-state index in [0.29, 0.717) is 39.3 Å². The van der Waals surface area contributed by atoms with Crippen LogP contribution in [0.25, 0.3) is 0 Å². The van der Waals surface area contributed by atoms with E-state index in [2.05, 4.69) is 0 Å². The van der Waals surface area contributed by atoms with Crippen molar-refractivity contribution in [1.29, 1.82) is 0 Å². The zero-order chi connectivity index (χ0) is 19.4.